The Morgan fingerprint density at radius 1 is 0.449 bits per heavy atom. The number of carboxylic acid groups (broad SMARTS) is 1. The maximum atomic E-state index is 12.8. The lowest BCUT2D eigenvalue weighted by Crippen LogP contribution is -2.55. The fourth-order valence-electron chi connectivity index (χ4n) is 7.18. The number of ether oxygens (including phenoxy) is 3. The molecule has 8 heteroatoms. The molecule has 0 rings (SSSR count). The van der Waals surface area contributed by atoms with Crippen LogP contribution in [-0.2, 0) is 28.6 Å². The predicted molar refractivity (Wildman–Crippen MR) is 291 cm³/mol. The zero-order valence-corrected chi connectivity index (χ0v) is 44.4. The molecule has 0 spiro atoms. The minimum Gasteiger partial charge on any atom is -0.544 e. The van der Waals surface area contributed by atoms with Crippen LogP contribution in [0, 0.1) is 0 Å². The van der Waals surface area contributed by atoms with E-state index in [4.69, 9.17) is 14.2 Å². The van der Waals surface area contributed by atoms with E-state index >= 15 is 0 Å². The van der Waals surface area contributed by atoms with E-state index in [2.05, 4.69) is 135 Å². The van der Waals surface area contributed by atoms with Crippen molar-refractivity contribution in [1.29, 1.82) is 0 Å². The van der Waals surface area contributed by atoms with Gasteiger partial charge in [0.15, 0.2) is 6.10 Å². The Morgan fingerprint density at radius 3 is 1.25 bits per heavy atom. The molecule has 69 heavy (non-hydrogen) atoms. The third kappa shape index (κ3) is 48.5. The predicted octanol–water partition coefficient (Wildman–Crippen LogP) is 14.8. The maximum absolute atomic E-state index is 12.8. The van der Waals surface area contributed by atoms with Crippen LogP contribution in [-0.4, -0.2) is 75.5 Å². The van der Waals surface area contributed by atoms with Gasteiger partial charge in [-0.15, -0.1) is 0 Å². The molecule has 0 aliphatic heterocycles. The number of unbranched alkanes of at least 4 members (excludes halogenated alkanes) is 13. The Morgan fingerprint density at radius 2 is 0.826 bits per heavy atom. The van der Waals surface area contributed by atoms with E-state index in [0.717, 1.165) is 89.9 Å². The summed E-state index contributed by atoms with van der Waals surface area (Å²) in [6.45, 7) is 4.45. The van der Waals surface area contributed by atoms with E-state index in [1.807, 2.05) is 0 Å². The highest BCUT2D eigenvalue weighted by Gasteiger charge is 2.25. The molecule has 0 fully saturated rings. The van der Waals surface area contributed by atoms with Gasteiger partial charge in [0, 0.05) is 19.3 Å². The molecule has 0 bridgehead atoms. The van der Waals surface area contributed by atoms with E-state index < -0.39 is 18.1 Å². The zero-order chi connectivity index (χ0) is 50.6. The van der Waals surface area contributed by atoms with Gasteiger partial charge in [-0.05, 0) is 103 Å². The molecule has 2 atom stereocenters. The van der Waals surface area contributed by atoms with Gasteiger partial charge in [-0.3, -0.25) is 9.59 Å². The lowest BCUT2D eigenvalue weighted by molar-refractivity contribution is -0.889. The molecule has 2 unspecified atom stereocenters. The summed E-state index contributed by atoms with van der Waals surface area (Å²) in [5, 5.41) is 11.7. The van der Waals surface area contributed by atoms with Crippen LogP contribution < -0.4 is 5.11 Å². The van der Waals surface area contributed by atoms with Crippen molar-refractivity contribution >= 4 is 17.9 Å². The second kappa shape index (κ2) is 50.1. The number of esters is 2. The average molecular weight is 958 g/mol. The molecule has 0 aromatic rings. The number of allylic oxidation sites excluding steroid dienone is 20. The molecule has 0 aliphatic rings. The van der Waals surface area contributed by atoms with Crippen molar-refractivity contribution in [3.63, 3.8) is 0 Å². The molecule has 0 aromatic heterocycles. The Hall–Kier alpha value is -4.27. The Kier molecular flexibility index (Phi) is 47.0. The van der Waals surface area contributed by atoms with Crippen LogP contribution in [0.5, 0.6) is 0 Å². The monoisotopic (exact) mass is 958 g/mol. The minimum atomic E-state index is -1.14. The third-order valence-electron chi connectivity index (χ3n) is 11.3. The van der Waals surface area contributed by atoms with Gasteiger partial charge >= 0.3 is 11.9 Å². The molecule has 0 aliphatic carbocycles. The molecule has 0 heterocycles. The zero-order valence-electron chi connectivity index (χ0n) is 44.4. The van der Waals surface area contributed by atoms with Crippen LogP contribution in [0.4, 0.5) is 0 Å². The first-order chi connectivity index (χ1) is 33.6. The van der Waals surface area contributed by atoms with Crippen molar-refractivity contribution in [3.8, 4) is 0 Å². The number of nitrogens with zero attached hydrogens (tertiary/aromatic N) is 1. The van der Waals surface area contributed by atoms with E-state index in [0.29, 0.717) is 12.8 Å². The average Bonchev–Trinajstić information content (AvgIpc) is 3.31. The van der Waals surface area contributed by atoms with Gasteiger partial charge in [-0.25, -0.2) is 0 Å². The quantitative estimate of drug-likeness (QED) is 0.0259. The summed E-state index contributed by atoms with van der Waals surface area (Å²) in [5.74, 6) is -1.83. The summed E-state index contributed by atoms with van der Waals surface area (Å²) >= 11 is 0. The van der Waals surface area contributed by atoms with Crippen molar-refractivity contribution in [1.82, 2.24) is 0 Å². The van der Waals surface area contributed by atoms with Crippen LogP contribution >= 0.6 is 0 Å². The number of aliphatic carboxylic acids is 1. The first-order valence-corrected chi connectivity index (χ1v) is 27.1. The van der Waals surface area contributed by atoms with Gasteiger partial charge < -0.3 is 28.6 Å². The van der Waals surface area contributed by atoms with Gasteiger partial charge in [0.25, 0.3) is 0 Å². The van der Waals surface area contributed by atoms with Crippen LogP contribution in [0.15, 0.2) is 122 Å². The molecule has 0 saturated heterocycles. The SMILES string of the molecule is CC/C=C/C/C=C/C/C=C/C/C=C/C/C=C/C/C=C/C/C=C/CCCC(=O)OC(COCCC(C(=O)[O-])[N+](C)(C)C)COC(=O)CCCCCCCCCCC/C=C/C/C=C/C/C=C/CCCCC. The van der Waals surface area contributed by atoms with Crippen LogP contribution in [0.25, 0.3) is 0 Å². The van der Waals surface area contributed by atoms with Crippen LogP contribution in [0.3, 0.4) is 0 Å². The van der Waals surface area contributed by atoms with Crippen molar-refractivity contribution in [2.24, 2.45) is 0 Å². The van der Waals surface area contributed by atoms with E-state index in [1.54, 1.807) is 21.1 Å². The minimum absolute atomic E-state index is 0.00760. The lowest BCUT2D eigenvalue weighted by Gasteiger charge is -2.34. The number of hydrogen-bond donors (Lipinski definition) is 0. The summed E-state index contributed by atoms with van der Waals surface area (Å²) < 4.78 is 17.2. The molecule has 0 saturated carbocycles. The highest BCUT2D eigenvalue weighted by atomic mass is 16.6. The van der Waals surface area contributed by atoms with Gasteiger partial charge in [-0.2, -0.15) is 0 Å². The molecule has 0 radical (unpaired) electrons. The number of quaternary nitrogens is 1. The Balaban J connectivity index is 4.36. The number of carboxylic acids is 1. The summed E-state index contributed by atoms with van der Waals surface area (Å²) in [6.07, 6.45) is 70.9. The third-order valence-corrected chi connectivity index (χ3v) is 11.3. The highest BCUT2D eigenvalue weighted by molar-refractivity contribution is 5.70. The Labute approximate surface area is 422 Å². The second-order valence-electron chi connectivity index (χ2n) is 18.7. The lowest BCUT2D eigenvalue weighted by atomic mass is 10.1. The van der Waals surface area contributed by atoms with E-state index in [-0.39, 0.29) is 49.1 Å². The smallest absolute Gasteiger partial charge is 0.306 e. The summed E-state index contributed by atoms with van der Waals surface area (Å²) in [4.78, 5) is 37.1. The highest BCUT2D eigenvalue weighted by Crippen LogP contribution is 2.13. The number of likely N-dealkylation sites (N-methyl/N-ethyl adjacent to an activating group) is 1. The van der Waals surface area contributed by atoms with Crippen molar-refractivity contribution in [2.75, 3.05) is 41.0 Å². The standard InChI is InChI=1S/C61H99NO7/c1-6-8-10-12-14-16-18-20-22-24-26-28-30-32-34-36-38-40-42-44-46-48-50-52-60(64)69-57(55-67-54-53-58(61(65)66)62(3,4)5)56-68-59(63)51-49-47-45-43-41-39-37-35-33-31-29-27-25-23-21-19-17-15-13-11-9-7-2/h8,10,14-17,20-23,26-29,32,34,38,40,44,46,57-58H,6-7,9,11-13,18-19,24-25,30-31,33,35-37,39,41-43,45,47-56H2,1-5H3/b10-8+,16-14+,17-15+,22-20+,23-21+,28-26+,29-27+,34-32+,40-38+,46-44+. The van der Waals surface area contributed by atoms with E-state index in [9.17, 15) is 19.5 Å². The van der Waals surface area contributed by atoms with Crippen LogP contribution in [0.2, 0.25) is 0 Å². The van der Waals surface area contributed by atoms with Crippen molar-refractivity contribution < 1.29 is 38.2 Å². The van der Waals surface area contributed by atoms with Crippen LogP contribution in [0.1, 0.15) is 194 Å². The number of rotatable bonds is 47. The molecular formula is C61H99NO7. The topological polar surface area (TPSA) is 102 Å². The van der Waals surface area contributed by atoms with Gasteiger partial charge in [0.1, 0.15) is 12.6 Å². The Bertz CT molecular complexity index is 1540. The van der Waals surface area contributed by atoms with Crippen molar-refractivity contribution in [3.05, 3.63) is 122 Å². The molecule has 0 N–H and O–H groups in total. The van der Waals surface area contributed by atoms with Gasteiger partial charge in [-0.1, -0.05) is 193 Å². The molecule has 390 valence electrons. The summed E-state index contributed by atoms with van der Waals surface area (Å²) in [7, 11) is 5.38. The molecular weight excluding hydrogens is 859 g/mol. The molecule has 0 aromatic carbocycles. The fraction of sp³-hybridized carbons (Fsp3) is 0.623. The van der Waals surface area contributed by atoms with Crippen molar-refractivity contribution in [2.45, 2.75) is 206 Å². The second-order valence-corrected chi connectivity index (χ2v) is 18.7. The number of carbonyl (C=O) groups excluding carboxylic acids is 3. The summed E-state index contributed by atoms with van der Waals surface area (Å²) in [5.41, 5.74) is 0. The normalized spacial score (nSPS) is 13.8. The molecule has 8 nitrogen and oxygen atoms in total. The largest absolute Gasteiger partial charge is 0.544 e. The first kappa shape index (κ1) is 64.7. The first-order valence-electron chi connectivity index (χ1n) is 27.1. The maximum Gasteiger partial charge on any atom is 0.306 e. The van der Waals surface area contributed by atoms with Gasteiger partial charge in [0.2, 0.25) is 0 Å². The summed E-state index contributed by atoms with van der Waals surface area (Å²) in [6, 6.07) is -0.746. The number of carbonyl (C=O) groups is 3. The molecule has 0 amide bonds. The number of hydrogen-bond acceptors (Lipinski definition) is 7. The van der Waals surface area contributed by atoms with Gasteiger partial charge in [0.05, 0.1) is 40.3 Å². The van der Waals surface area contributed by atoms with E-state index in [1.165, 1.54) is 64.2 Å². The fourth-order valence-corrected chi connectivity index (χ4v) is 7.18.